The van der Waals surface area contributed by atoms with Gasteiger partial charge in [0, 0.05) is 18.5 Å². The highest BCUT2D eigenvalue weighted by molar-refractivity contribution is 5.89. The predicted molar refractivity (Wildman–Crippen MR) is 111 cm³/mol. The summed E-state index contributed by atoms with van der Waals surface area (Å²) in [4.78, 5) is 23.7. The number of nitrogens with one attached hydrogen (secondary N) is 1. The molecule has 2 N–H and O–H groups in total. The molecule has 1 heterocycles. The van der Waals surface area contributed by atoms with E-state index in [0.29, 0.717) is 37.0 Å². The van der Waals surface area contributed by atoms with Crippen molar-refractivity contribution in [3.05, 3.63) is 64.9 Å². The monoisotopic (exact) mass is 391 g/mol. The number of allylic oxidation sites excluding steroid dienone is 1. The fourth-order valence-electron chi connectivity index (χ4n) is 4.02. The van der Waals surface area contributed by atoms with Gasteiger partial charge in [0.2, 0.25) is 5.91 Å². The Bertz CT molecular complexity index is 977. The number of rotatable bonds is 6. The number of carboxylic acids is 1. The summed E-state index contributed by atoms with van der Waals surface area (Å²) in [5, 5.41) is 12.1. The molecule has 0 saturated heterocycles. The van der Waals surface area contributed by atoms with Crippen LogP contribution in [0.4, 0.5) is 0 Å². The molecule has 2 aliphatic rings. The maximum atomic E-state index is 12.4. The quantitative estimate of drug-likeness (QED) is 0.772. The van der Waals surface area contributed by atoms with E-state index >= 15 is 0 Å². The molecule has 0 fully saturated rings. The van der Waals surface area contributed by atoms with E-state index in [1.54, 1.807) is 0 Å². The number of benzene rings is 2. The van der Waals surface area contributed by atoms with E-state index in [1.165, 1.54) is 5.56 Å². The molecule has 0 spiro atoms. The summed E-state index contributed by atoms with van der Waals surface area (Å²) in [5.74, 6) is -0.0923. The Morgan fingerprint density at radius 1 is 1.00 bits per heavy atom. The molecular weight excluding hydrogens is 366 g/mol. The molecule has 2 aromatic rings. The Hall–Kier alpha value is -3.08. The number of ether oxygens (including phenoxy) is 1. The normalized spacial score (nSPS) is 15.6. The second-order valence-corrected chi connectivity index (χ2v) is 7.64. The van der Waals surface area contributed by atoms with E-state index < -0.39 is 5.97 Å². The fourth-order valence-corrected chi connectivity index (χ4v) is 4.02. The standard InChI is InChI=1S/C24H25NO4/c26-23(25-21-7-2-1-6-20(21)24(27)28)11-8-16-4-3-5-18(14-16)19-10-9-17-12-13-29-22(17)15-19/h3-5,9-10,14-15H,1-2,6-8,11-13H2,(H,25,26)(H,27,28). The molecule has 1 aliphatic heterocycles. The first-order chi connectivity index (χ1) is 14.1. The summed E-state index contributed by atoms with van der Waals surface area (Å²) < 4.78 is 5.67. The Kier molecular flexibility index (Phi) is 5.65. The molecule has 1 amide bonds. The van der Waals surface area contributed by atoms with Crippen LogP contribution in [0.2, 0.25) is 0 Å². The number of hydrogen-bond acceptors (Lipinski definition) is 3. The lowest BCUT2D eigenvalue weighted by Crippen LogP contribution is -2.27. The Morgan fingerprint density at radius 2 is 1.83 bits per heavy atom. The van der Waals surface area contributed by atoms with Gasteiger partial charge in [-0.05, 0) is 60.4 Å². The first-order valence-electron chi connectivity index (χ1n) is 10.2. The van der Waals surface area contributed by atoms with E-state index in [9.17, 15) is 14.7 Å². The number of aryl methyl sites for hydroxylation is 1. The third kappa shape index (κ3) is 4.50. The van der Waals surface area contributed by atoms with Gasteiger partial charge >= 0.3 is 5.97 Å². The topological polar surface area (TPSA) is 75.6 Å². The Labute approximate surface area is 170 Å². The van der Waals surface area contributed by atoms with Crippen LogP contribution >= 0.6 is 0 Å². The molecule has 0 saturated carbocycles. The van der Waals surface area contributed by atoms with Gasteiger partial charge in [0.05, 0.1) is 12.2 Å². The largest absolute Gasteiger partial charge is 0.493 e. The van der Waals surface area contributed by atoms with Gasteiger partial charge in [0.25, 0.3) is 0 Å². The third-order valence-electron chi connectivity index (χ3n) is 5.61. The van der Waals surface area contributed by atoms with Crippen LogP contribution in [0, 0.1) is 0 Å². The fraction of sp³-hybridized carbons (Fsp3) is 0.333. The molecule has 0 unspecified atom stereocenters. The maximum absolute atomic E-state index is 12.4. The van der Waals surface area contributed by atoms with Crippen molar-refractivity contribution in [1.82, 2.24) is 5.32 Å². The van der Waals surface area contributed by atoms with E-state index in [4.69, 9.17) is 4.74 Å². The number of hydrogen-bond donors (Lipinski definition) is 2. The lowest BCUT2D eigenvalue weighted by atomic mass is 9.96. The predicted octanol–water partition coefficient (Wildman–Crippen LogP) is 4.25. The zero-order valence-corrected chi connectivity index (χ0v) is 16.4. The number of aliphatic carboxylic acids is 1. The number of carboxylic acid groups (broad SMARTS) is 1. The van der Waals surface area contributed by atoms with Gasteiger partial charge < -0.3 is 15.2 Å². The minimum atomic E-state index is -0.925. The van der Waals surface area contributed by atoms with Gasteiger partial charge in [-0.15, -0.1) is 0 Å². The Balaban J connectivity index is 1.41. The van der Waals surface area contributed by atoms with Crippen LogP contribution < -0.4 is 10.1 Å². The van der Waals surface area contributed by atoms with E-state index in [1.807, 2.05) is 12.1 Å². The average Bonchev–Trinajstić information content (AvgIpc) is 3.20. The minimum Gasteiger partial charge on any atom is -0.493 e. The Morgan fingerprint density at radius 3 is 2.69 bits per heavy atom. The molecule has 4 rings (SSSR count). The van der Waals surface area contributed by atoms with Crippen LogP contribution in [-0.2, 0) is 22.4 Å². The summed E-state index contributed by atoms with van der Waals surface area (Å²) in [6.07, 6.45) is 4.83. The van der Waals surface area contributed by atoms with Gasteiger partial charge in [0.1, 0.15) is 5.75 Å². The SMILES string of the molecule is O=C(CCc1cccc(-c2ccc3c(c2)OCC3)c1)NC1=C(C(=O)O)CCCC1. The number of carbonyl (C=O) groups is 2. The first kappa shape index (κ1) is 19.2. The minimum absolute atomic E-state index is 0.128. The molecule has 5 nitrogen and oxygen atoms in total. The zero-order chi connectivity index (χ0) is 20.2. The molecule has 0 bridgehead atoms. The second kappa shape index (κ2) is 8.52. The van der Waals surface area contributed by atoms with Crippen molar-refractivity contribution in [3.8, 4) is 16.9 Å². The van der Waals surface area contributed by atoms with Crippen molar-refractivity contribution in [2.24, 2.45) is 0 Å². The smallest absolute Gasteiger partial charge is 0.333 e. The van der Waals surface area contributed by atoms with Crippen LogP contribution in [0.15, 0.2) is 53.7 Å². The molecular formula is C24H25NO4. The van der Waals surface area contributed by atoms with Crippen LogP contribution in [-0.4, -0.2) is 23.6 Å². The molecule has 2 aromatic carbocycles. The van der Waals surface area contributed by atoms with Gasteiger partial charge in [-0.3, -0.25) is 4.79 Å². The van der Waals surface area contributed by atoms with Crippen LogP contribution in [0.1, 0.15) is 43.2 Å². The highest BCUT2D eigenvalue weighted by Gasteiger charge is 2.20. The molecule has 0 radical (unpaired) electrons. The number of fused-ring (bicyclic) bond motifs is 1. The first-order valence-corrected chi connectivity index (χ1v) is 10.2. The van der Waals surface area contributed by atoms with Crippen molar-refractivity contribution >= 4 is 11.9 Å². The summed E-state index contributed by atoms with van der Waals surface area (Å²) in [7, 11) is 0. The molecule has 0 aromatic heterocycles. The van der Waals surface area contributed by atoms with Crippen LogP contribution in [0.5, 0.6) is 5.75 Å². The molecule has 0 atom stereocenters. The molecule has 5 heteroatoms. The van der Waals surface area contributed by atoms with Crippen LogP contribution in [0.25, 0.3) is 11.1 Å². The van der Waals surface area contributed by atoms with Crippen molar-refractivity contribution in [1.29, 1.82) is 0 Å². The van der Waals surface area contributed by atoms with Gasteiger partial charge in [-0.1, -0.05) is 36.4 Å². The molecule has 150 valence electrons. The lowest BCUT2D eigenvalue weighted by Gasteiger charge is -2.18. The number of carbonyl (C=O) groups excluding carboxylic acids is 1. The third-order valence-corrected chi connectivity index (χ3v) is 5.61. The average molecular weight is 391 g/mol. The highest BCUT2D eigenvalue weighted by Crippen LogP contribution is 2.31. The number of amides is 1. The van der Waals surface area contributed by atoms with Crippen molar-refractivity contribution in [2.45, 2.75) is 44.9 Å². The van der Waals surface area contributed by atoms with Crippen molar-refractivity contribution in [2.75, 3.05) is 6.61 Å². The highest BCUT2D eigenvalue weighted by atomic mass is 16.5. The van der Waals surface area contributed by atoms with Crippen LogP contribution in [0.3, 0.4) is 0 Å². The summed E-state index contributed by atoms with van der Waals surface area (Å²) >= 11 is 0. The summed E-state index contributed by atoms with van der Waals surface area (Å²) in [6.45, 7) is 0.744. The van der Waals surface area contributed by atoms with E-state index in [2.05, 4.69) is 35.6 Å². The molecule has 29 heavy (non-hydrogen) atoms. The van der Waals surface area contributed by atoms with E-state index in [0.717, 1.165) is 48.3 Å². The zero-order valence-electron chi connectivity index (χ0n) is 16.4. The van der Waals surface area contributed by atoms with Gasteiger partial charge in [-0.2, -0.15) is 0 Å². The lowest BCUT2D eigenvalue weighted by molar-refractivity contribution is -0.133. The van der Waals surface area contributed by atoms with Crippen molar-refractivity contribution < 1.29 is 19.4 Å². The second-order valence-electron chi connectivity index (χ2n) is 7.64. The maximum Gasteiger partial charge on any atom is 0.333 e. The molecule has 1 aliphatic carbocycles. The van der Waals surface area contributed by atoms with Crippen molar-refractivity contribution in [3.63, 3.8) is 0 Å². The van der Waals surface area contributed by atoms with Gasteiger partial charge in [-0.25, -0.2) is 4.79 Å². The van der Waals surface area contributed by atoms with E-state index in [-0.39, 0.29) is 5.91 Å². The summed E-state index contributed by atoms with van der Waals surface area (Å²) in [6, 6.07) is 14.5. The summed E-state index contributed by atoms with van der Waals surface area (Å²) in [5.41, 5.74) is 5.47. The van der Waals surface area contributed by atoms with Gasteiger partial charge in [0.15, 0.2) is 0 Å².